The predicted octanol–water partition coefficient (Wildman–Crippen LogP) is 3.24. The number of amides is 1. The zero-order valence-corrected chi connectivity index (χ0v) is 12.6. The molecule has 21 heavy (non-hydrogen) atoms. The Balaban J connectivity index is 2.26. The molecule has 0 atom stereocenters. The zero-order chi connectivity index (χ0) is 15.4. The van der Waals surface area contributed by atoms with Crippen LogP contribution in [0.25, 0.3) is 0 Å². The normalized spacial score (nSPS) is 10.2. The number of nitrogens with one attached hydrogen (secondary N) is 1. The van der Waals surface area contributed by atoms with Crippen LogP contribution < -0.4 is 5.32 Å². The summed E-state index contributed by atoms with van der Waals surface area (Å²) in [6, 6.07) is 8.52. The topological polar surface area (TPSA) is 70.7 Å². The van der Waals surface area contributed by atoms with Crippen molar-refractivity contribution >= 4 is 23.2 Å². The lowest BCUT2D eigenvalue weighted by molar-refractivity contribution is 0.101. The summed E-state index contributed by atoms with van der Waals surface area (Å²) in [6.07, 6.45) is 0.769. The number of hydrogen-bond donors (Lipinski definition) is 1. The van der Waals surface area contributed by atoms with E-state index in [1.54, 1.807) is 22.9 Å². The largest absolute Gasteiger partial charge is 0.319 e. The monoisotopic (exact) mass is 302 g/mol. The van der Waals surface area contributed by atoms with E-state index in [0.29, 0.717) is 28.5 Å². The van der Waals surface area contributed by atoms with E-state index in [1.165, 1.54) is 6.07 Å². The number of nitrogens with zero attached hydrogens (tertiary/aromatic N) is 3. The van der Waals surface area contributed by atoms with Gasteiger partial charge in [0.15, 0.2) is 0 Å². The van der Waals surface area contributed by atoms with Gasteiger partial charge in [-0.15, -0.1) is 0 Å². The molecule has 0 saturated carbocycles. The SMILES string of the molecule is CCc1cc(C(=O)Nc2ccc(C#N)cc2Cl)n(CC)n1. The van der Waals surface area contributed by atoms with Crippen molar-refractivity contribution < 1.29 is 4.79 Å². The van der Waals surface area contributed by atoms with E-state index in [9.17, 15) is 4.79 Å². The van der Waals surface area contributed by atoms with Gasteiger partial charge in [-0.25, -0.2) is 0 Å². The smallest absolute Gasteiger partial charge is 0.273 e. The molecule has 0 aliphatic rings. The molecule has 5 nitrogen and oxygen atoms in total. The fraction of sp³-hybridized carbons (Fsp3) is 0.267. The number of halogens is 1. The van der Waals surface area contributed by atoms with Crippen molar-refractivity contribution in [1.82, 2.24) is 9.78 Å². The number of nitriles is 1. The first-order chi connectivity index (χ1) is 10.1. The van der Waals surface area contributed by atoms with Gasteiger partial charge in [-0.3, -0.25) is 9.48 Å². The Morgan fingerprint density at radius 3 is 2.76 bits per heavy atom. The number of aryl methyl sites for hydroxylation is 2. The molecule has 1 N–H and O–H groups in total. The van der Waals surface area contributed by atoms with Gasteiger partial charge in [-0.2, -0.15) is 10.4 Å². The average Bonchev–Trinajstić information content (AvgIpc) is 2.92. The van der Waals surface area contributed by atoms with Gasteiger partial charge >= 0.3 is 0 Å². The lowest BCUT2D eigenvalue weighted by Gasteiger charge is -2.08. The Morgan fingerprint density at radius 2 is 2.19 bits per heavy atom. The highest BCUT2D eigenvalue weighted by molar-refractivity contribution is 6.34. The summed E-state index contributed by atoms with van der Waals surface area (Å²) < 4.78 is 1.66. The average molecular weight is 303 g/mol. The molecule has 1 heterocycles. The minimum Gasteiger partial charge on any atom is -0.319 e. The summed E-state index contributed by atoms with van der Waals surface area (Å²) in [7, 11) is 0. The van der Waals surface area contributed by atoms with E-state index in [1.807, 2.05) is 19.9 Å². The second kappa shape index (κ2) is 6.42. The molecule has 6 heteroatoms. The lowest BCUT2D eigenvalue weighted by atomic mass is 10.2. The maximum absolute atomic E-state index is 12.3. The van der Waals surface area contributed by atoms with Crippen LogP contribution in [0.15, 0.2) is 24.3 Å². The maximum atomic E-state index is 12.3. The van der Waals surface area contributed by atoms with Gasteiger partial charge < -0.3 is 5.32 Å². The molecule has 1 aromatic heterocycles. The molecule has 0 unspecified atom stereocenters. The van der Waals surface area contributed by atoms with E-state index in [2.05, 4.69) is 10.4 Å². The van der Waals surface area contributed by atoms with Crippen molar-refractivity contribution in [2.75, 3.05) is 5.32 Å². The fourth-order valence-electron chi connectivity index (χ4n) is 1.94. The van der Waals surface area contributed by atoms with Crippen LogP contribution in [0.2, 0.25) is 5.02 Å². The molecular formula is C15H15ClN4O. The third kappa shape index (κ3) is 3.23. The number of benzene rings is 1. The van der Waals surface area contributed by atoms with E-state index in [4.69, 9.17) is 16.9 Å². The third-order valence-corrected chi connectivity index (χ3v) is 3.38. The van der Waals surface area contributed by atoms with Crippen molar-refractivity contribution in [3.05, 3.63) is 46.2 Å². The summed E-state index contributed by atoms with van der Waals surface area (Å²) in [6.45, 7) is 4.53. The van der Waals surface area contributed by atoms with Gasteiger partial charge in [-0.05, 0) is 37.6 Å². The maximum Gasteiger partial charge on any atom is 0.273 e. The van der Waals surface area contributed by atoms with Gasteiger partial charge in [0.05, 0.1) is 28.0 Å². The van der Waals surface area contributed by atoms with Crippen molar-refractivity contribution in [1.29, 1.82) is 5.26 Å². The van der Waals surface area contributed by atoms with Crippen molar-refractivity contribution in [3.63, 3.8) is 0 Å². The van der Waals surface area contributed by atoms with Crippen LogP contribution in [0.3, 0.4) is 0 Å². The number of anilines is 1. The molecule has 0 bridgehead atoms. The molecular weight excluding hydrogens is 288 g/mol. The minimum absolute atomic E-state index is 0.268. The van der Waals surface area contributed by atoms with Crippen molar-refractivity contribution in [3.8, 4) is 6.07 Å². The van der Waals surface area contributed by atoms with Gasteiger partial charge in [0.2, 0.25) is 0 Å². The van der Waals surface area contributed by atoms with Crippen LogP contribution in [-0.4, -0.2) is 15.7 Å². The summed E-state index contributed by atoms with van der Waals surface area (Å²) >= 11 is 6.06. The standard InChI is InChI=1S/C15H15ClN4O/c1-3-11-8-14(20(4-2)19-11)15(21)18-13-6-5-10(9-17)7-12(13)16/h5-8H,3-4H2,1-2H3,(H,18,21). The van der Waals surface area contributed by atoms with Crippen molar-refractivity contribution in [2.45, 2.75) is 26.8 Å². The Morgan fingerprint density at radius 1 is 1.43 bits per heavy atom. The van der Waals surface area contributed by atoms with E-state index < -0.39 is 0 Å². The van der Waals surface area contributed by atoms with Crippen molar-refractivity contribution in [2.24, 2.45) is 0 Å². The zero-order valence-electron chi connectivity index (χ0n) is 11.9. The van der Waals surface area contributed by atoms with Gasteiger partial charge in [0.25, 0.3) is 5.91 Å². The first-order valence-corrected chi connectivity index (χ1v) is 7.04. The molecule has 0 fully saturated rings. The molecule has 0 aliphatic carbocycles. The first-order valence-electron chi connectivity index (χ1n) is 6.66. The highest BCUT2D eigenvalue weighted by Gasteiger charge is 2.15. The van der Waals surface area contributed by atoms with Crippen LogP contribution >= 0.6 is 11.6 Å². The molecule has 0 aliphatic heterocycles. The fourth-order valence-corrected chi connectivity index (χ4v) is 2.17. The predicted molar refractivity (Wildman–Crippen MR) is 81.4 cm³/mol. The summed E-state index contributed by atoms with van der Waals surface area (Å²) in [5.74, 6) is -0.268. The number of carbonyl (C=O) groups excluding carboxylic acids is 1. The van der Waals surface area contributed by atoms with E-state index in [-0.39, 0.29) is 5.91 Å². The Hall–Kier alpha value is -2.32. The number of carbonyl (C=O) groups is 1. The molecule has 1 aromatic carbocycles. The summed E-state index contributed by atoms with van der Waals surface area (Å²) in [5.41, 5.74) is 2.29. The quantitative estimate of drug-likeness (QED) is 0.942. The number of rotatable bonds is 4. The summed E-state index contributed by atoms with van der Waals surface area (Å²) in [5, 5.41) is 16.2. The highest BCUT2D eigenvalue weighted by Crippen LogP contribution is 2.23. The van der Waals surface area contributed by atoms with Crippen LogP contribution in [-0.2, 0) is 13.0 Å². The lowest BCUT2D eigenvalue weighted by Crippen LogP contribution is -2.17. The molecule has 0 saturated heterocycles. The molecule has 2 aromatic rings. The van der Waals surface area contributed by atoms with E-state index >= 15 is 0 Å². The molecule has 1 amide bonds. The Bertz CT molecular complexity index is 715. The van der Waals surface area contributed by atoms with E-state index in [0.717, 1.165) is 12.1 Å². The third-order valence-electron chi connectivity index (χ3n) is 3.07. The van der Waals surface area contributed by atoms with Gasteiger partial charge in [0, 0.05) is 6.54 Å². The van der Waals surface area contributed by atoms with Crippen LogP contribution in [0.5, 0.6) is 0 Å². The second-order valence-electron chi connectivity index (χ2n) is 4.45. The molecule has 108 valence electrons. The molecule has 2 rings (SSSR count). The Labute approximate surface area is 128 Å². The van der Waals surface area contributed by atoms with Crippen LogP contribution in [0, 0.1) is 11.3 Å². The minimum atomic E-state index is -0.268. The van der Waals surface area contributed by atoms with Crippen LogP contribution in [0.1, 0.15) is 35.6 Å². The second-order valence-corrected chi connectivity index (χ2v) is 4.86. The molecule has 0 spiro atoms. The van der Waals surface area contributed by atoms with Gasteiger partial charge in [0.1, 0.15) is 5.69 Å². The summed E-state index contributed by atoms with van der Waals surface area (Å²) in [4.78, 5) is 12.3. The van der Waals surface area contributed by atoms with Gasteiger partial charge in [-0.1, -0.05) is 18.5 Å². The highest BCUT2D eigenvalue weighted by atomic mass is 35.5. The number of hydrogen-bond acceptors (Lipinski definition) is 3. The Kier molecular flexibility index (Phi) is 4.61. The molecule has 0 radical (unpaired) electrons. The van der Waals surface area contributed by atoms with Crippen LogP contribution in [0.4, 0.5) is 5.69 Å². The first kappa shape index (κ1) is 15.1. The number of aromatic nitrogens is 2.